The van der Waals surface area contributed by atoms with Crippen LogP contribution in [0.15, 0.2) is 0 Å². The summed E-state index contributed by atoms with van der Waals surface area (Å²) in [7, 11) is 0. The Balaban J connectivity index is 2.76. The fraction of sp³-hybridized carbons (Fsp3) is 0.857. The van der Waals surface area contributed by atoms with Crippen molar-refractivity contribution >= 4 is 5.97 Å². The Bertz CT molecular complexity index is 205. The van der Waals surface area contributed by atoms with Gasteiger partial charge in [-0.3, -0.25) is 0 Å². The quantitative estimate of drug-likeness (QED) is 0.380. The minimum atomic E-state index is -1.59. The number of rotatable bonds is 1. The fourth-order valence-electron chi connectivity index (χ4n) is 1.26. The van der Waals surface area contributed by atoms with E-state index in [4.69, 9.17) is 9.84 Å². The van der Waals surface area contributed by atoms with Crippen LogP contribution in [0.5, 0.6) is 0 Å². The molecular weight excluding hydrogens is 180 g/mol. The molecule has 1 fully saturated rings. The molecule has 6 heteroatoms. The third kappa shape index (κ3) is 1.80. The van der Waals surface area contributed by atoms with Gasteiger partial charge in [-0.05, 0) is 6.92 Å². The van der Waals surface area contributed by atoms with Crippen LogP contribution in [0.25, 0.3) is 0 Å². The number of hydrogen-bond donors (Lipinski definition) is 4. The molecule has 1 saturated heterocycles. The Morgan fingerprint density at radius 3 is 2.15 bits per heavy atom. The van der Waals surface area contributed by atoms with Crippen molar-refractivity contribution in [2.75, 3.05) is 0 Å². The van der Waals surface area contributed by atoms with E-state index in [-0.39, 0.29) is 0 Å². The van der Waals surface area contributed by atoms with E-state index >= 15 is 0 Å². The van der Waals surface area contributed by atoms with Gasteiger partial charge >= 0.3 is 5.97 Å². The molecule has 5 atom stereocenters. The zero-order chi connectivity index (χ0) is 10.2. The summed E-state index contributed by atoms with van der Waals surface area (Å²) in [5, 5.41) is 36.1. The second kappa shape index (κ2) is 3.59. The van der Waals surface area contributed by atoms with Crippen molar-refractivity contribution in [3.8, 4) is 0 Å². The van der Waals surface area contributed by atoms with Crippen LogP contribution in [0.3, 0.4) is 0 Å². The second-order valence-electron chi connectivity index (χ2n) is 3.07. The van der Waals surface area contributed by atoms with Crippen LogP contribution in [0.2, 0.25) is 0 Å². The molecule has 0 bridgehead atoms. The highest BCUT2D eigenvalue weighted by atomic mass is 16.6. The summed E-state index contributed by atoms with van der Waals surface area (Å²) < 4.78 is 4.78. The van der Waals surface area contributed by atoms with Gasteiger partial charge < -0.3 is 25.2 Å². The highest BCUT2D eigenvalue weighted by molar-refractivity contribution is 5.73. The van der Waals surface area contributed by atoms with Gasteiger partial charge in [-0.1, -0.05) is 0 Å². The first-order chi connectivity index (χ1) is 5.95. The minimum absolute atomic E-state index is 0.806. The van der Waals surface area contributed by atoms with Crippen molar-refractivity contribution in [1.29, 1.82) is 0 Å². The van der Waals surface area contributed by atoms with Crippen LogP contribution in [0.4, 0.5) is 0 Å². The number of aliphatic hydroxyl groups is 3. The third-order valence-electron chi connectivity index (χ3n) is 2.10. The molecule has 0 spiro atoms. The highest BCUT2D eigenvalue weighted by Crippen LogP contribution is 2.20. The van der Waals surface area contributed by atoms with Crippen LogP contribution < -0.4 is 0 Å². The van der Waals surface area contributed by atoms with Gasteiger partial charge in [0.25, 0.3) is 0 Å². The fourth-order valence-corrected chi connectivity index (χ4v) is 1.26. The van der Waals surface area contributed by atoms with Crippen molar-refractivity contribution in [3.05, 3.63) is 0 Å². The number of aliphatic hydroxyl groups excluding tert-OH is 3. The van der Waals surface area contributed by atoms with Gasteiger partial charge in [-0.25, -0.2) is 4.79 Å². The lowest BCUT2D eigenvalue weighted by atomic mass is 9.96. The third-order valence-corrected chi connectivity index (χ3v) is 2.10. The Hall–Kier alpha value is -0.690. The lowest BCUT2D eigenvalue weighted by Crippen LogP contribution is -2.58. The van der Waals surface area contributed by atoms with Gasteiger partial charge in [0.05, 0.1) is 6.10 Å². The summed E-state index contributed by atoms with van der Waals surface area (Å²) in [6, 6.07) is 0. The van der Waals surface area contributed by atoms with Crippen molar-refractivity contribution in [2.45, 2.75) is 37.4 Å². The molecule has 1 aliphatic rings. The normalized spacial score (nSPS) is 46.0. The summed E-state index contributed by atoms with van der Waals surface area (Å²) in [4.78, 5) is 10.5. The summed E-state index contributed by atoms with van der Waals surface area (Å²) in [5.74, 6) is -1.36. The predicted molar refractivity (Wildman–Crippen MR) is 40.0 cm³/mol. The molecule has 1 rings (SSSR count). The van der Waals surface area contributed by atoms with E-state index in [2.05, 4.69) is 0 Å². The second-order valence-corrected chi connectivity index (χ2v) is 3.07. The van der Waals surface area contributed by atoms with Crippen molar-refractivity contribution in [1.82, 2.24) is 0 Å². The Kier molecular flexibility index (Phi) is 2.87. The molecule has 4 N–H and O–H groups in total. The molecule has 13 heavy (non-hydrogen) atoms. The number of carbonyl (C=O) groups is 1. The monoisotopic (exact) mass is 192 g/mol. The SMILES string of the molecule is CC1OC(C(=O)O)[C@@H](O)C(O)[C@H]1O. The number of aliphatic carboxylic acids is 1. The van der Waals surface area contributed by atoms with Crippen molar-refractivity contribution in [2.24, 2.45) is 0 Å². The molecule has 0 amide bonds. The van der Waals surface area contributed by atoms with E-state index in [1.807, 2.05) is 0 Å². The van der Waals surface area contributed by atoms with Crippen LogP contribution in [0, 0.1) is 0 Å². The lowest BCUT2D eigenvalue weighted by Gasteiger charge is -2.37. The maximum atomic E-state index is 10.5. The van der Waals surface area contributed by atoms with E-state index in [1.165, 1.54) is 6.92 Å². The van der Waals surface area contributed by atoms with Gasteiger partial charge in [-0.2, -0.15) is 0 Å². The molecule has 0 aromatic carbocycles. The topological polar surface area (TPSA) is 107 Å². The van der Waals surface area contributed by atoms with Crippen molar-refractivity contribution in [3.63, 3.8) is 0 Å². The largest absolute Gasteiger partial charge is 0.479 e. The molecule has 0 aliphatic carbocycles. The van der Waals surface area contributed by atoms with Gasteiger partial charge in [0, 0.05) is 0 Å². The lowest BCUT2D eigenvalue weighted by molar-refractivity contribution is -0.223. The maximum Gasteiger partial charge on any atom is 0.335 e. The van der Waals surface area contributed by atoms with Crippen LogP contribution in [-0.4, -0.2) is 56.9 Å². The number of hydrogen-bond acceptors (Lipinski definition) is 5. The molecular formula is C7H12O6. The molecule has 1 heterocycles. The molecule has 0 saturated carbocycles. The van der Waals surface area contributed by atoms with E-state index < -0.39 is 36.5 Å². The van der Waals surface area contributed by atoms with Gasteiger partial charge in [-0.15, -0.1) is 0 Å². The number of carboxylic acid groups (broad SMARTS) is 1. The number of carboxylic acids is 1. The Labute approximate surface area is 74.4 Å². The first-order valence-electron chi connectivity index (χ1n) is 3.87. The summed E-state index contributed by atoms with van der Waals surface area (Å²) in [5.41, 5.74) is 0. The summed E-state index contributed by atoms with van der Waals surface area (Å²) in [6.07, 6.45) is -6.62. The van der Waals surface area contributed by atoms with Gasteiger partial charge in [0.1, 0.15) is 18.3 Å². The summed E-state index contributed by atoms with van der Waals surface area (Å²) >= 11 is 0. The van der Waals surface area contributed by atoms with Gasteiger partial charge in [0.15, 0.2) is 6.10 Å². The summed E-state index contributed by atoms with van der Waals surface area (Å²) in [6.45, 7) is 1.43. The first-order valence-corrected chi connectivity index (χ1v) is 3.87. The predicted octanol–water partition coefficient (Wildman–Crippen LogP) is -2.06. The molecule has 76 valence electrons. The number of ether oxygens (including phenoxy) is 1. The first kappa shape index (κ1) is 10.4. The maximum absolute atomic E-state index is 10.5. The zero-order valence-corrected chi connectivity index (χ0v) is 6.99. The minimum Gasteiger partial charge on any atom is -0.479 e. The van der Waals surface area contributed by atoms with Crippen molar-refractivity contribution < 1.29 is 30.0 Å². The van der Waals surface area contributed by atoms with E-state index in [0.717, 1.165) is 0 Å². The molecule has 6 nitrogen and oxygen atoms in total. The Morgan fingerprint density at radius 2 is 1.69 bits per heavy atom. The average molecular weight is 192 g/mol. The molecule has 0 aromatic rings. The zero-order valence-electron chi connectivity index (χ0n) is 6.99. The Morgan fingerprint density at radius 1 is 1.15 bits per heavy atom. The van der Waals surface area contributed by atoms with Gasteiger partial charge in [0.2, 0.25) is 0 Å². The van der Waals surface area contributed by atoms with E-state index in [1.54, 1.807) is 0 Å². The van der Waals surface area contributed by atoms with Crippen LogP contribution in [0.1, 0.15) is 6.92 Å². The van der Waals surface area contributed by atoms with E-state index in [9.17, 15) is 20.1 Å². The molecule has 1 aliphatic heterocycles. The molecule has 0 aromatic heterocycles. The molecule has 0 radical (unpaired) electrons. The standard InChI is InChI=1S/C7H12O6/c1-2-3(8)4(9)5(10)6(13-2)7(11)12/h2-6,8-10H,1H3,(H,11,12)/t2?,3-,4?,5-,6?/m0/s1. The van der Waals surface area contributed by atoms with Crippen LogP contribution in [-0.2, 0) is 9.53 Å². The van der Waals surface area contributed by atoms with Crippen LogP contribution >= 0.6 is 0 Å². The smallest absolute Gasteiger partial charge is 0.335 e. The van der Waals surface area contributed by atoms with E-state index in [0.29, 0.717) is 0 Å². The highest BCUT2D eigenvalue weighted by Gasteiger charge is 2.44. The average Bonchev–Trinajstić information content (AvgIpc) is 2.07. The molecule has 3 unspecified atom stereocenters.